The molecule has 0 fully saturated rings. The zero-order chi connectivity index (χ0) is 11.5. The first-order valence-corrected chi connectivity index (χ1v) is 5.37. The van der Waals surface area contributed by atoms with Crippen LogP contribution in [0.25, 0.3) is 10.9 Å². The second-order valence-corrected chi connectivity index (χ2v) is 3.94. The molecule has 1 heterocycles. The number of hydrogen-bond acceptors (Lipinski definition) is 2. The van der Waals surface area contributed by atoms with Crippen LogP contribution in [0.1, 0.15) is 23.8 Å². The maximum Gasteiger partial charge on any atom is 0.0824 e. The molecule has 1 atom stereocenters. The van der Waals surface area contributed by atoms with Crippen molar-refractivity contribution in [2.75, 3.05) is 0 Å². The Kier molecular flexibility index (Phi) is 3.02. The van der Waals surface area contributed by atoms with Crippen LogP contribution in [0.4, 0.5) is 0 Å². The molecule has 0 spiro atoms. The number of aliphatic hydroxyl groups excluding tert-OH is 1. The lowest BCUT2D eigenvalue weighted by atomic mass is 10.0. The molecule has 0 aliphatic heterocycles. The van der Waals surface area contributed by atoms with Crippen LogP contribution in [-0.4, -0.2) is 10.1 Å². The van der Waals surface area contributed by atoms with Crippen LogP contribution in [-0.2, 0) is 0 Å². The molecular weight excluding hydrogens is 198 g/mol. The number of nitrogens with zero attached hydrogens (tertiary/aromatic N) is 1. The van der Waals surface area contributed by atoms with E-state index < -0.39 is 6.10 Å². The summed E-state index contributed by atoms with van der Waals surface area (Å²) in [5.74, 6) is 0. The van der Waals surface area contributed by atoms with Crippen LogP contribution < -0.4 is 0 Å². The second kappa shape index (κ2) is 4.45. The van der Waals surface area contributed by atoms with Crippen molar-refractivity contribution >= 4 is 10.9 Å². The van der Waals surface area contributed by atoms with Crippen LogP contribution >= 0.6 is 0 Å². The first kappa shape index (κ1) is 10.8. The van der Waals surface area contributed by atoms with Gasteiger partial charge in [0.15, 0.2) is 0 Å². The molecule has 1 unspecified atom stereocenters. The normalized spacial score (nSPS) is 12.6. The van der Waals surface area contributed by atoms with Gasteiger partial charge in [-0.3, -0.25) is 4.98 Å². The van der Waals surface area contributed by atoms with Crippen molar-refractivity contribution in [3.63, 3.8) is 0 Å². The molecule has 2 heteroatoms. The summed E-state index contributed by atoms with van der Waals surface area (Å²) in [6.45, 7) is 5.60. The molecule has 2 nitrogen and oxygen atoms in total. The fourth-order valence-electron chi connectivity index (χ4n) is 1.75. The SMILES string of the molecule is C=CCC(O)c1ccc2nc(C)ccc2c1. The number of fused-ring (bicyclic) bond motifs is 1. The van der Waals surface area contributed by atoms with Gasteiger partial charge in [-0.1, -0.05) is 18.2 Å². The Morgan fingerprint density at radius 2 is 2.19 bits per heavy atom. The molecule has 0 saturated heterocycles. The van der Waals surface area contributed by atoms with Crippen molar-refractivity contribution < 1.29 is 5.11 Å². The number of pyridine rings is 1. The van der Waals surface area contributed by atoms with E-state index in [1.807, 2.05) is 37.3 Å². The highest BCUT2D eigenvalue weighted by Gasteiger charge is 2.06. The minimum Gasteiger partial charge on any atom is -0.388 e. The van der Waals surface area contributed by atoms with E-state index in [2.05, 4.69) is 11.6 Å². The van der Waals surface area contributed by atoms with Gasteiger partial charge >= 0.3 is 0 Å². The number of rotatable bonds is 3. The lowest BCUT2D eigenvalue weighted by Crippen LogP contribution is -1.95. The van der Waals surface area contributed by atoms with Gasteiger partial charge < -0.3 is 5.11 Å². The maximum atomic E-state index is 9.84. The monoisotopic (exact) mass is 213 g/mol. The summed E-state index contributed by atoms with van der Waals surface area (Å²) in [4.78, 5) is 4.42. The molecule has 2 aromatic rings. The van der Waals surface area contributed by atoms with Gasteiger partial charge in [-0.05, 0) is 37.1 Å². The van der Waals surface area contributed by atoms with E-state index in [9.17, 15) is 5.11 Å². The van der Waals surface area contributed by atoms with E-state index in [-0.39, 0.29) is 0 Å². The van der Waals surface area contributed by atoms with Crippen LogP contribution in [0.3, 0.4) is 0 Å². The molecule has 1 aromatic heterocycles. The summed E-state index contributed by atoms with van der Waals surface area (Å²) in [5.41, 5.74) is 2.89. The standard InChI is InChI=1S/C14H15NO/c1-3-4-14(16)12-7-8-13-11(9-12)6-5-10(2)15-13/h3,5-9,14,16H,1,4H2,2H3. The lowest BCUT2D eigenvalue weighted by Gasteiger charge is -2.09. The first-order chi connectivity index (χ1) is 7.70. The van der Waals surface area contributed by atoms with Crippen molar-refractivity contribution in [3.8, 4) is 0 Å². The van der Waals surface area contributed by atoms with Gasteiger partial charge in [0.05, 0.1) is 11.6 Å². The third-order valence-electron chi connectivity index (χ3n) is 2.63. The Balaban J connectivity index is 2.44. The van der Waals surface area contributed by atoms with Crippen molar-refractivity contribution in [1.82, 2.24) is 4.98 Å². The summed E-state index contributed by atoms with van der Waals surface area (Å²) in [6, 6.07) is 9.86. The molecule has 16 heavy (non-hydrogen) atoms. The van der Waals surface area contributed by atoms with Crippen molar-refractivity contribution in [1.29, 1.82) is 0 Å². The van der Waals surface area contributed by atoms with E-state index in [4.69, 9.17) is 0 Å². The fourth-order valence-corrected chi connectivity index (χ4v) is 1.75. The molecule has 0 amide bonds. The Hall–Kier alpha value is -1.67. The zero-order valence-corrected chi connectivity index (χ0v) is 9.35. The van der Waals surface area contributed by atoms with Crippen molar-refractivity contribution in [2.45, 2.75) is 19.4 Å². The van der Waals surface area contributed by atoms with Gasteiger partial charge in [-0.2, -0.15) is 0 Å². The largest absolute Gasteiger partial charge is 0.388 e. The first-order valence-electron chi connectivity index (χ1n) is 5.37. The Morgan fingerprint density at radius 3 is 2.94 bits per heavy atom. The molecule has 0 radical (unpaired) electrons. The molecule has 2 rings (SSSR count). The van der Waals surface area contributed by atoms with Gasteiger partial charge in [-0.15, -0.1) is 6.58 Å². The van der Waals surface area contributed by atoms with Crippen LogP contribution in [0.5, 0.6) is 0 Å². The smallest absolute Gasteiger partial charge is 0.0824 e. The van der Waals surface area contributed by atoms with Crippen molar-refractivity contribution in [3.05, 3.63) is 54.2 Å². The zero-order valence-electron chi connectivity index (χ0n) is 9.35. The summed E-state index contributed by atoms with van der Waals surface area (Å²) >= 11 is 0. The van der Waals surface area contributed by atoms with Crippen LogP contribution in [0, 0.1) is 6.92 Å². The van der Waals surface area contributed by atoms with E-state index in [0.717, 1.165) is 22.2 Å². The van der Waals surface area contributed by atoms with Gasteiger partial charge in [0.2, 0.25) is 0 Å². The maximum absolute atomic E-state index is 9.84. The number of aryl methyl sites for hydroxylation is 1. The third kappa shape index (κ3) is 2.12. The second-order valence-electron chi connectivity index (χ2n) is 3.94. The number of hydrogen-bond donors (Lipinski definition) is 1. The Morgan fingerprint density at radius 1 is 1.38 bits per heavy atom. The number of aromatic nitrogens is 1. The van der Waals surface area contributed by atoms with E-state index >= 15 is 0 Å². The van der Waals surface area contributed by atoms with Gasteiger partial charge in [0, 0.05) is 11.1 Å². The van der Waals surface area contributed by atoms with Crippen molar-refractivity contribution in [2.24, 2.45) is 0 Å². The molecular formula is C14H15NO. The lowest BCUT2D eigenvalue weighted by molar-refractivity contribution is 0.182. The highest BCUT2D eigenvalue weighted by Crippen LogP contribution is 2.21. The summed E-state index contributed by atoms with van der Waals surface area (Å²) < 4.78 is 0. The molecule has 0 aliphatic rings. The number of aliphatic hydroxyl groups is 1. The predicted molar refractivity (Wildman–Crippen MR) is 66.3 cm³/mol. The van der Waals surface area contributed by atoms with Crippen LogP contribution in [0.15, 0.2) is 43.0 Å². The molecule has 82 valence electrons. The minimum absolute atomic E-state index is 0.469. The van der Waals surface area contributed by atoms with Gasteiger partial charge in [0.25, 0.3) is 0 Å². The van der Waals surface area contributed by atoms with Crippen LogP contribution in [0.2, 0.25) is 0 Å². The third-order valence-corrected chi connectivity index (χ3v) is 2.63. The van der Waals surface area contributed by atoms with E-state index in [1.165, 1.54) is 0 Å². The Bertz CT molecular complexity index is 519. The van der Waals surface area contributed by atoms with Gasteiger partial charge in [0.1, 0.15) is 0 Å². The number of benzene rings is 1. The predicted octanol–water partition coefficient (Wildman–Crippen LogP) is 3.15. The highest BCUT2D eigenvalue weighted by atomic mass is 16.3. The Labute approximate surface area is 95.3 Å². The van der Waals surface area contributed by atoms with E-state index in [1.54, 1.807) is 6.08 Å². The van der Waals surface area contributed by atoms with Gasteiger partial charge in [-0.25, -0.2) is 0 Å². The van der Waals surface area contributed by atoms with E-state index in [0.29, 0.717) is 6.42 Å². The molecule has 0 saturated carbocycles. The quantitative estimate of drug-likeness (QED) is 0.794. The molecule has 1 aromatic carbocycles. The average molecular weight is 213 g/mol. The topological polar surface area (TPSA) is 33.1 Å². The minimum atomic E-state index is -0.469. The fraction of sp³-hybridized carbons (Fsp3) is 0.214. The summed E-state index contributed by atoms with van der Waals surface area (Å²) in [6.07, 6.45) is 1.83. The average Bonchev–Trinajstić information content (AvgIpc) is 2.28. The molecule has 0 aliphatic carbocycles. The molecule has 1 N–H and O–H groups in total. The summed E-state index contributed by atoms with van der Waals surface area (Å²) in [7, 11) is 0. The molecule has 0 bridgehead atoms. The highest BCUT2D eigenvalue weighted by molar-refractivity contribution is 5.79. The summed E-state index contributed by atoms with van der Waals surface area (Å²) in [5, 5.41) is 10.9.